The number of hydrogen-bond donors (Lipinski definition) is 1. The van der Waals surface area contributed by atoms with Gasteiger partial charge in [-0.25, -0.2) is 0 Å². The van der Waals surface area contributed by atoms with Crippen LogP contribution in [0.5, 0.6) is 5.75 Å². The van der Waals surface area contributed by atoms with E-state index < -0.39 is 11.8 Å². The van der Waals surface area contributed by atoms with Crippen molar-refractivity contribution < 1.29 is 14.3 Å². The van der Waals surface area contributed by atoms with Crippen LogP contribution in [0.25, 0.3) is 6.08 Å². The van der Waals surface area contributed by atoms with Crippen LogP contribution in [0.3, 0.4) is 0 Å². The number of ether oxygens (including phenoxy) is 1. The normalized spacial score (nSPS) is 16.0. The minimum Gasteiger partial charge on any atom is -0.497 e. The molecule has 2 aromatic rings. The number of carbonyl (C=O) groups excluding carboxylic acids is 2. The molecule has 1 aliphatic heterocycles. The summed E-state index contributed by atoms with van der Waals surface area (Å²) in [5, 5.41) is 3.09. The molecular formula is C18H12BrClN2O3S. The van der Waals surface area contributed by atoms with Crippen molar-refractivity contribution in [1.82, 2.24) is 5.32 Å². The number of methoxy groups -OCH3 is 1. The molecular weight excluding hydrogens is 440 g/mol. The summed E-state index contributed by atoms with van der Waals surface area (Å²) in [5.74, 6) is -0.468. The fourth-order valence-electron chi connectivity index (χ4n) is 2.40. The molecule has 1 heterocycles. The third kappa shape index (κ3) is 3.65. The molecule has 0 unspecified atom stereocenters. The molecule has 132 valence electrons. The second kappa shape index (κ2) is 7.57. The third-order valence-corrected chi connectivity index (χ3v) is 4.95. The Balaban J connectivity index is 2.04. The number of nitrogens with one attached hydrogen (secondary N) is 1. The van der Waals surface area contributed by atoms with Gasteiger partial charge in [0.05, 0.1) is 12.8 Å². The van der Waals surface area contributed by atoms with Crippen LogP contribution >= 0.6 is 39.7 Å². The van der Waals surface area contributed by atoms with E-state index >= 15 is 0 Å². The molecule has 0 bridgehead atoms. The van der Waals surface area contributed by atoms with Gasteiger partial charge in [0, 0.05) is 9.50 Å². The third-order valence-electron chi connectivity index (χ3n) is 3.69. The van der Waals surface area contributed by atoms with Crippen molar-refractivity contribution in [3.63, 3.8) is 0 Å². The van der Waals surface area contributed by atoms with Crippen molar-refractivity contribution in [3.8, 4) is 5.75 Å². The smallest absolute Gasteiger partial charge is 0.270 e. The van der Waals surface area contributed by atoms with Gasteiger partial charge in [-0.2, -0.15) is 0 Å². The Morgan fingerprint density at radius 2 is 1.88 bits per heavy atom. The van der Waals surface area contributed by atoms with E-state index in [1.807, 2.05) is 0 Å². The predicted octanol–water partition coefficient (Wildman–Crippen LogP) is 3.94. The summed E-state index contributed by atoms with van der Waals surface area (Å²) in [6.45, 7) is 0. The Hall–Kier alpha value is -2.22. The van der Waals surface area contributed by atoms with E-state index in [9.17, 15) is 9.59 Å². The van der Waals surface area contributed by atoms with Crippen molar-refractivity contribution in [2.45, 2.75) is 0 Å². The number of anilines is 1. The number of carbonyl (C=O) groups is 2. The van der Waals surface area contributed by atoms with Crippen LogP contribution in [-0.2, 0) is 9.59 Å². The van der Waals surface area contributed by atoms with Gasteiger partial charge in [0.15, 0.2) is 5.11 Å². The molecule has 0 aliphatic carbocycles. The van der Waals surface area contributed by atoms with Crippen LogP contribution in [0.2, 0.25) is 5.02 Å². The Bertz CT molecular complexity index is 944. The lowest BCUT2D eigenvalue weighted by molar-refractivity contribution is -0.122. The van der Waals surface area contributed by atoms with E-state index in [0.29, 0.717) is 22.0 Å². The first kappa shape index (κ1) is 18.6. The van der Waals surface area contributed by atoms with Gasteiger partial charge in [-0.3, -0.25) is 19.8 Å². The lowest BCUT2D eigenvalue weighted by atomic mass is 10.1. The minimum absolute atomic E-state index is 0.0178. The van der Waals surface area contributed by atoms with Crippen LogP contribution in [0, 0.1) is 0 Å². The average Bonchev–Trinajstić information content (AvgIpc) is 2.61. The summed E-state index contributed by atoms with van der Waals surface area (Å²) in [6.07, 6.45) is 1.50. The fraction of sp³-hybridized carbons (Fsp3) is 0.0556. The molecule has 0 aromatic heterocycles. The number of hydrogen-bond acceptors (Lipinski definition) is 4. The lowest BCUT2D eigenvalue weighted by Gasteiger charge is -2.29. The maximum absolute atomic E-state index is 12.9. The van der Waals surface area contributed by atoms with Crippen molar-refractivity contribution in [2.75, 3.05) is 12.0 Å². The van der Waals surface area contributed by atoms with E-state index in [2.05, 4.69) is 21.2 Å². The Morgan fingerprint density at radius 3 is 2.54 bits per heavy atom. The van der Waals surface area contributed by atoms with Crippen LogP contribution in [-0.4, -0.2) is 24.0 Å². The summed E-state index contributed by atoms with van der Waals surface area (Å²) < 4.78 is 5.91. The lowest BCUT2D eigenvalue weighted by Crippen LogP contribution is -2.54. The molecule has 1 saturated heterocycles. The Kier molecular flexibility index (Phi) is 5.41. The summed E-state index contributed by atoms with van der Waals surface area (Å²) in [4.78, 5) is 26.5. The molecule has 26 heavy (non-hydrogen) atoms. The van der Waals surface area contributed by atoms with Gasteiger partial charge in [0.2, 0.25) is 0 Å². The predicted molar refractivity (Wildman–Crippen MR) is 108 cm³/mol. The molecule has 8 heteroatoms. The zero-order chi connectivity index (χ0) is 18.8. The quantitative estimate of drug-likeness (QED) is 0.436. The standard InChI is InChI=1S/C18H12BrClN2O3S/c1-25-13-6-7-15(19)10(8-13)9-14-16(23)21-18(26)22(17(14)24)12-4-2-11(20)3-5-12/h2-9H,1H3,(H,21,23,26)/b14-9+. The van der Waals surface area contributed by atoms with Crippen molar-refractivity contribution in [2.24, 2.45) is 0 Å². The number of halogens is 2. The second-order valence-electron chi connectivity index (χ2n) is 5.32. The topological polar surface area (TPSA) is 58.6 Å². The minimum atomic E-state index is -0.556. The monoisotopic (exact) mass is 450 g/mol. The van der Waals surface area contributed by atoms with E-state index in [1.54, 1.807) is 49.6 Å². The van der Waals surface area contributed by atoms with Gasteiger partial charge in [0.25, 0.3) is 11.8 Å². The van der Waals surface area contributed by atoms with E-state index in [4.69, 9.17) is 28.6 Å². The number of nitrogens with zero attached hydrogens (tertiary/aromatic N) is 1. The summed E-state index contributed by atoms with van der Waals surface area (Å²) in [6, 6.07) is 11.9. The first-order chi connectivity index (χ1) is 12.4. The van der Waals surface area contributed by atoms with Crippen molar-refractivity contribution in [3.05, 3.63) is 63.1 Å². The van der Waals surface area contributed by atoms with Gasteiger partial charge >= 0.3 is 0 Å². The van der Waals surface area contributed by atoms with Gasteiger partial charge in [-0.05, 0) is 66.3 Å². The molecule has 5 nitrogen and oxygen atoms in total. The van der Waals surface area contributed by atoms with Crippen LogP contribution in [0.15, 0.2) is 52.5 Å². The summed E-state index contributed by atoms with van der Waals surface area (Å²) in [5.41, 5.74) is 1.11. The molecule has 2 aromatic carbocycles. The molecule has 1 N–H and O–H groups in total. The summed E-state index contributed by atoms with van der Waals surface area (Å²) in [7, 11) is 1.54. The number of amides is 2. The summed E-state index contributed by atoms with van der Waals surface area (Å²) >= 11 is 14.5. The van der Waals surface area contributed by atoms with E-state index in [-0.39, 0.29) is 10.7 Å². The molecule has 0 atom stereocenters. The highest BCUT2D eigenvalue weighted by Crippen LogP contribution is 2.27. The van der Waals surface area contributed by atoms with Crippen molar-refractivity contribution in [1.29, 1.82) is 0 Å². The van der Waals surface area contributed by atoms with Gasteiger partial charge in [-0.15, -0.1) is 0 Å². The maximum atomic E-state index is 12.9. The van der Waals surface area contributed by atoms with Crippen molar-refractivity contribution >= 4 is 68.4 Å². The molecule has 2 amide bonds. The Labute approximate surface area is 168 Å². The Morgan fingerprint density at radius 1 is 1.19 bits per heavy atom. The van der Waals surface area contributed by atoms with E-state index in [0.717, 1.165) is 4.47 Å². The number of thiocarbonyl (C=S) groups is 1. The second-order valence-corrected chi connectivity index (χ2v) is 7.00. The van der Waals surface area contributed by atoms with E-state index in [1.165, 1.54) is 11.0 Å². The molecule has 0 saturated carbocycles. The zero-order valence-electron chi connectivity index (χ0n) is 13.5. The van der Waals surface area contributed by atoms with Gasteiger partial charge in [-0.1, -0.05) is 27.5 Å². The molecule has 3 rings (SSSR count). The van der Waals surface area contributed by atoms with Gasteiger partial charge < -0.3 is 4.74 Å². The largest absolute Gasteiger partial charge is 0.497 e. The molecule has 1 aliphatic rings. The molecule has 1 fully saturated rings. The highest BCUT2D eigenvalue weighted by atomic mass is 79.9. The highest BCUT2D eigenvalue weighted by molar-refractivity contribution is 9.10. The SMILES string of the molecule is COc1ccc(Br)c(/C=C2\C(=O)NC(=S)N(c3ccc(Cl)cc3)C2=O)c1. The van der Waals surface area contributed by atoms with Gasteiger partial charge in [0.1, 0.15) is 11.3 Å². The average molecular weight is 452 g/mol. The zero-order valence-corrected chi connectivity index (χ0v) is 16.6. The number of benzene rings is 2. The van der Waals surface area contributed by atoms with Crippen LogP contribution < -0.4 is 15.0 Å². The number of rotatable bonds is 3. The first-order valence-corrected chi connectivity index (χ1v) is 8.99. The first-order valence-electron chi connectivity index (χ1n) is 7.41. The van der Waals surface area contributed by atoms with Crippen LogP contribution in [0.1, 0.15) is 5.56 Å². The fourth-order valence-corrected chi connectivity index (χ4v) is 3.17. The molecule has 0 spiro atoms. The highest BCUT2D eigenvalue weighted by Gasteiger charge is 2.34. The molecule has 0 radical (unpaired) electrons. The van der Waals surface area contributed by atoms with Crippen LogP contribution in [0.4, 0.5) is 5.69 Å². The maximum Gasteiger partial charge on any atom is 0.270 e.